The number of hydrogen-bond donors (Lipinski definition) is 1. The van der Waals surface area contributed by atoms with E-state index in [9.17, 15) is 5.26 Å². The van der Waals surface area contributed by atoms with Crippen LogP contribution < -0.4 is 14.8 Å². The predicted octanol–water partition coefficient (Wildman–Crippen LogP) is 4.43. The number of tetrazole rings is 1. The summed E-state index contributed by atoms with van der Waals surface area (Å²) in [5.74, 6) is 1.38. The van der Waals surface area contributed by atoms with Gasteiger partial charge < -0.3 is 29.0 Å². The van der Waals surface area contributed by atoms with Gasteiger partial charge >= 0.3 is 0 Å². The molecule has 1 unspecified atom stereocenters. The Morgan fingerprint density at radius 3 is 2.48 bits per heavy atom. The Morgan fingerprint density at radius 1 is 1.00 bits per heavy atom. The number of nitrogens with one attached hydrogen (secondary N) is 1. The zero-order chi connectivity index (χ0) is 36.3. The van der Waals surface area contributed by atoms with Crippen molar-refractivity contribution < 1.29 is 23.7 Å². The summed E-state index contributed by atoms with van der Waals surface area (Å²) in [6.07, 6.45) is 12.3. The van der Waals surface area contributed by atoms with Gasteiger partial charge in [-0.1, -0.05) is 6.07 Å². The Labute approximate surface area is 304 Å². The molecule has 4 aromatic rings. The van der Waals surface area contributed by atoms with Crippen LogP contribution in [0.3, 0.4) is 0 Å². The smallest absolute Gasteiger partial charge is 0.256 e. The zero-order valence-corrected chi connectivity index (χ0v) is 30.4. The van der Waals surface area contributed by atoms with Gasteiger partial charge in [-0.2, -0.15) is 5.26 Å². The molecule has 1 saturated heterocycles. The van der Waals surface area contributed by atoms with Gasteiger partial charge in [0.1, 0.15) is 29.9 Å². The molecule has 0 amide bonds. The molecule has 0 radical (unpaired) electrons. The summed E-state index contributed by atoms with van der Waals surface area (Å²) in [6, 6.07) is 8.45. The number of anilines is 2. The maximum Gasteiger partial charge on any atom is 0.256 e. The first kappa shape index (κ1) is 37.1. The fraction of sp³-hybridized carbons (Fsp3) is 0.583. The van der Waals surface area contributed by atoms with Crippen LogP contribution in [-0.4, -0.2) is 116 Å². The first-order chi connectivity index (χ1) is 25.4. The SMILES string of the molecule is COCCOCCCOc1nn(C2CCC(N3C[C@@H](C)O[C@@H](C)C3)CC2)cc1Nc1ncc(-c2ccc(C#N)c(OC(C)Cn3cnnn3)c2)cn1. The average Bonchev–Trinajstić information content (AvgIpc) is 3.81. The molecular weight excluding hydrogens is 666 g/mol. The Morgan fingerprint density at radius 2 is 1.77 bits per heavy atom. The Balaban J connectivity index is 1.12. The van der Waals surface area contributed by atoms with E-state index in [1.165, 1.54) is 6.33 Å². The summed E-state index contributed by atoms with van der Waals surface area (Å²) < 4.78 is 32.6. The van der Waals surface area contributed by atoms with Gasteiger partial charge in [-0.05, 0) is 74.6 Å². The molecule has 3 atom stereocenters. The van der Waals surface area contributed by atoms with Crippen LogP contribution in [0.2, 0.25) is 0 Å². The van der Waals surface area contributed by atoms with Crippen molar-refractivity contribution in [2.75, 3.05) is 51.9 Å². The van der Waals surface area contributed by atoms with E-state index < -0.39 is 0 Å². The molecule has 6 rings (SSSR count). The van der Waals surface area contributed by atoms with E-state index in [4.69, 9.17) is 28.8 Å². The molecule has 1 aliphatic carbocycles. The molecule has 16 heteroatoms. The van der Waals surface area contributed by atoms with Crippen molar-refractivity contribution in [1.29, 1.82) is 5.26 Å². The van der Waals surface area contributed by atoms with Crippen LogP contribution in [0.5, 0.6) is 11.6 Å². The normalized spacial score (nSPS) is 21.4. The van der Waals surface area contributed by atoms with Crippen LogP contribution in [0, 0.1) is 11.3 Å². The number of methoxy groups -OCH3 is 1. The van der Waals surface area contributed by atoms with Gasteiger partial charge in [0.2, 0.25) is 5.95 Å². The summed E-state index contributed by atoms with van der Waals surface area (Å²) in [6.45, 7) is 10.8. The first-order valence-corrected chi connectivity index (χ1v) is 18.1. The van der Waals surface area contributed by atoms with E-state index in [1.807, 2.05) is 29.9 Å². The minimum absolute atomic E-state index is 0.266. The van der Waals surface area contributed by atoms with Crippen LogP contribution in [0.1, 0.15) is 64.5 Å². The van der Waals surface area contributed by atoms with Crippen LogP contribution in [0.25, 0.3) is 11.1 Å². The van der Waals surface area contributed by atoms with Gasteiger partial charge in [-0.25, -0.2) is 14.6 Å². The maximum absolute atomic E-state index is 9.69. The highest BCUT2D eigenvalue weighted by Crippen LogP contribution is 2.35. The maximum atomic E-state index is 9.69. The minimum atomic E-state index is -0.276. The van der Waals surface area contributed by atoms with Crippen molar-refractivity contribution in [3.8, 4) is 28.8 Å². The molecule has 16 nitrogen and oxygen atoms in total. The van der Waals surface area contributed by atoms with Gasteiger partial charge in [0, 0.05) is 57.2 Å². The molecule has 0 bridgehead atoms. The second-order valence-electron chi connectivity index (χ2n) is 13.5. The van der Waals surface area contributed by atoms with E-state index in [0.29, 0.717) is 67.8 Å². The monoisotopic (exact) mass is 715 g/mol. The second-order valence-corrected chi connectivity index (χ2v) is 13.5. The Bertz CT molecular complexity index is 1710. The number of benzene rings is 1. The van der Waals surface area contributed by atoms with Crippen molar-refractivity contribution in [3.05, 3.63) is 48.7 Å². The van der Waals surface area contributed by atoms with E-state index >= 15 is 0 Å². The summed E-state index contributed by atoms with van der Waals surface area (Å²) in [7, 11) is 1.66. The third-order valence-electron chi connectivity index (χ3n) is 9.30. The van der Waals surface area contributed by atoms with E-state index in [1.54, 1.807) is 30.3 Å². The van der Waals surface area contributed by atoms with Gasteiger partial charge in [0.25, 0.3) is 5.88 Å². The lowest BCUT2D eigenvalue weighted by Crippen LogP contribution is -2.51. The van der Waals surface area contributed by atoms with E-state index in [-0.39, 0.29) is 24.4 Å². The molecule has 1 N–H and O–H groups in total. The van der Waals surface area contributed by atoms with Gasteiger partial charge in [0.05, 0.1) is 56.4 Å². The summed E-state index contributed by atoms with van der Waals surface area (Å²) in [5.41, 5.74) is 2.72. The second kappa shape index (κ2) is 18.2. The molecular formula is C36H49N11O5. The van der Waals surface area contributed by atoms with Gasteiger partial charge in [-0.3, -0.25) is 9.58 Å². The number of ether oxygens (including phenoxy) is 5. The van der Waals surface area contributed by atoms with Gasteiger partial charge in [0.15, 0.2) is 0 Å². The fourth-order valence-corrected chi connectivity index (χ4v) is 6.87. The number of nitrogens with zero attached hydrogens (tertiary/aromatic N) is 10. The van der Waals surface area contributed by atoms with Crippen molar-refractivity contribution >= 4 is 11.6 Å². The van der Waals surface area contributed by atoms with Crippen molar-refractivity contribution in [2.24, 2.45) is 0 Å². The Hall–Kier alpha value is -4.69. The number of aromatic nitrogens is 8. The highest BCUT2D eigenvalue weighted by Gasteiger charge is 2.32. The van der Waals surface area contributed by atoms with Crippen LogP contribution in [-0.2, 0) is 20.8 Å². The fourth-order valence-electron chi connectivity index (χ4n) is 6.87. The molecule has 2 aliphatic rings. The molecule has 1 saturated carbocycles. The van der Waals surface area contributed by atoms with Gasteiger partial charge in [-0.15, -0.1) is 10.2 Å². The number of nitriles is 1. The molecule has 2 fully saturated rings. The highest BCUT2D eigenvalue weighted by atomic mass is 16.5. The number of rotatable bonds is 17. The molecule has 3 aromatic heterocycles. The molecule has 278 valence electrons. The lowest BCUT2D eigenvalue weighted by molar-refractivity contribution is -0.0852. The topological polar surface area (TPSA) is 172 Å². The summed E-state index contributed by atoms with van der Waals surface area (Å²) in [5, 5.41) is 29.1. The van der Waals surface area contributed by atoms with Crippen LogP contribution in [0.4, 0.5) is 11.6 Å². The van der Waals surface area contributed by atoms with Crippen molar-refractivity contribution in [3.63, 3.8) is 0 Å². The summed E-state index contributed by atoms with van der Waals surface area (Å²) in [4.78, 5) is 11.8. The van der Waals surface area contributed by atoms with Crippen LogP contribution >= 0.6 is 0 Å². The molecule has 4 heterocycles. The third kappa shape index (κ3) is 10.0. The largest absolute Gasteiger partial charge is 0.487 e. The van der Waals surface area contributed by atoms with E-state index in [0.717, 1.165) is 56.3 Å². The third-order valence-corrected chi connectivity index (χ3v) is 9.30. The molecule has 0 spiro atoms. The lowest BCUT2D eigenvalue weighted by atomic mass is 9.89. The van der Waals surface area contributed by atoms with E-state index in [2.05, 4.69) is 55.6 Å². The summed E-state index contributed by atoms with van der Waals surface area (Å²) >= 11 is 0. The molecule has 1 aliphatic heterocycles. The van der Waals surface area contributed by atoms with Crippen LogP contribution in [0.15, 0.2) is 43.1 Å². The lowest BCUT2D eigenvalue weighted by Gasteiger charge is -2.42. The predicted molar refractivity (Wildman–Crippen MR) is 191 cm³/mol. The Kier molecular flexibility index (Phi) is 13.0. The molecule has 1 aromatic carbocycles. The average molecular weight is 716 g/mol. The van der Waals surface area contributed by atoms with Crippen molar-refractivity contribution in [2.45, 2.75) is 89.8 Å². The zero-order valence-electron chi connectivity index (χ0n) is 30.4. The standard InChI is InChI=1S/C36H49N11O5/c1-25-20-45(21-26(2)51-25)31-8-10-32(11-9-31)47-23-33(35(42-47)50-13-5-12-49-15-14-48-4)41-36-38-18-30(19-39-36)28-6-7-29(17-37)34(16-28)52-27(3)22-46-24-40-43-44-46/h6-7,16,18-19,23-27,31-32H,5,8-15,20-22H2,1-4H3,(H,38,39,41)/t25-,26+,27?,31?,32?. The number of hydrogen-bond acceptors (Lipinski definition) is 14. The van der Waals surface area contributed by atoms with Crippen molar-refractivity contribution in [1.82, 2.24) is 44.9 Å². The molecule has 52 heavy (non-hydrogen) atoms. The first-order valence-electron chi connectivity index (χ1n) is 18.1. The number of morpholine rings is 1. The quantitative estimate of drug-likeness (QED) is 0.152. The minimum Gasteiger partial charge on any atom is -0.487 e. The highest BCUT2D eigenvalue weighted by molar-refractivity contribution is 5.67.